The fraction of sp³-hybridized carbons (Fsp3) is 0.143. The van der Waals surface area contributed by atoms with Crippen LogP contribution in [0.1, 0.15) is 23.2 Å². The summed E-state index contributed by atoms with van der Waals surface area (Å²) in [6.07, 6.45) is 0.0739. The van der Waals surface area contributed by atoms with Gasteiger partial charge in [0.15, 0.2) is 5.96 Å². The van der Waals surface area contributed by atoms with Crippen LogP contribution in [0.3, 0.4) is 0 Å². The number of carbonyl (C=O) groups excluding carboxylic acids is 1. The topological polar surface area (TPSA) is 84.5 Å². The first-order chi connectivity index (χ1) is 13.9. The van der Waals surface area contributed by atoms with Gasteiger partial charge in [-0.05, 0) is 35.9 Å². The van der Waals surface area contributed by atoms with Crippen LogP contribution in [0.25, 0.3) is 11.3 Å². The molecular weight excluding hydrogens is 376 g/mol. The van der Waals surface area contributed by atoms with Crippen molar-refractivity contribution in [2.24, 2.45) is 10.7 Å². The predicted octanol–water partition coefficient (Wildman–Crippen LogP) is 3.11. The molecule has 0 saturated carbocycles. The lowest BCUT2D eigenvalue weighted by Gasteiger charge is -2.25. The molecule has 8 heteroatoms. The van der Waals surface area contributed by atoms with Gasteiger partial charge in [0, 0.05) is 30.6 Å². The third kappa shape index (κ3) is 3.02. The van der Waals surface area contributed by atoms with E-state index in [9.17, 15) is 13.6 Å². The molecule has 1 atom stereocenters. The Kier molecular flexibility index (Phi) is 4.54. The van der Waals surface area contributed by atoms with Crippen LogP contribution >= 0.6 is 0 Å². The number of hydrogen-bond acceptors (Lipinski definition) is 5. The third-order valence-corrected chi connectivity index (χ3v) is 4.89. The monoisotopic (exact) mass is 393 g/mol. The van der Waals surface area contributed by atoms with Crippen molar-refractivity contribution < 1.29 is 13.6 Å². The van der Waals surface area contributed by atoms with Crippen LogP contribution in [-0.2, 0) is 10.3 Å². The smallest absolute Gasteiger partial charge is 0.267 e. The highest BCUT2D eigenvalue weighted by Gasteiger charge is 2.50. The summed E-state index contributed by atoms with van der Waals surface area (Å²) in [5, 5.41) is 0. The predicted molar refractivity (Wildman–Crippen MR) is 104 cm³/mol. The summed E-state index contributed by atoms with van der Waals surface area (Å²) in [5.74, 6) is -0.386. The van der Waals surface area contributed by atoms with E-state index in [4.69, 9.17) is 5.73 Å². The molecule has 146 valence electrons. The first kappa shape index (κ1) is 18.7. The van der Waals surface area contributed by atoms with Gasteiger partial charge in [0.05, 0.1) is 11.4 Å². The molecule has 6 nitrogen and oxygen atoms in total. The summed E-state index contributed by atoms with van der Waals surface area (Å²) in [4.78, 5) is 27.4. The van der Waals surface area contributed by atoms with Crippen LogP contribution in [0, 0.1) is 0 Å². The van der Waals surface area contributed by atoms with Crippen molar-refractivity contribution in [1.82, 2.24) is 14.9 Å². The number of halogens is 2. The Morgan fingerprint density at radius 2 is 1.90 bits per heavy atom. The Balaban J connectivity index is 1.90. The number of alkyl halides is 2. The number of benzene rings is 1. The number of rotatable bonds is 4. The number of guanidine groups is 1. The van der Waals surface area contributed by atoms with Gasteiger partial charge in [-0.25, -0.2) is 13.8 Å². The van der Waals surface area contributed by atoms with Crippen molar-refractivity contribution in [3.63, 3.8) is 0 Å². The number of hydrogen-bond donors (Lipinski definition) is 1. The second-order valence-electron chi connectivity index (χ2n) is 6.62. The van der Waals surface area contributed by atoms with E-state index >= 15 is 0 Å². The van der Waals surface area contributed by atoms with Crippen molar-refractivity contribution in [3.05, 3.63) is 83.8 Å². The van der Waals surface area contributed by atoms with Crippen LogP contribution in [-0.4, -0.2) is 33.8 Å². The fourth-order valence-electron chi connectivity index (χ4n) is 3.33. The molecular formula is C21H17F2N5O. The molecule has 3 heterocycles. The highest BCUT2D eigenvalue weighted by molar-refractivity contribution is 6.08. The summed E-state index contributed by atoms with van der Waals surface area (Å²) < 4.78 is 25.9. The zero-order chi connectivity index (χ0) is 20.6. The van der Waals surface area contributed by atoms with E-state index in [-0.39, 0.29) is 17.2 Å². The lowest BCUT2D eigenvalue weighted by Crippen LogP contribution is -2.41. The first-order valence-electron chi connectivity index (χ1n) is 8.83. The van der Waals surface area contributed by atoms with Crippen LogP contribution in [0.5, 0.6) is 0 Å². The molecule has 0 radical (unpaired) electrons. The van der Waals surface area contributed by atoms with Crippen LogP contribution < -0.4 is 5.73 Å². The first-order valence-corrected chi connectivity index (χ1v) is 8.83. The van der Waals surface area contributed by atoms with Crippen molar-refractivity contribution in [2.75, 3.05) is 7.05 Å². The van der Waals surface area contributed by atoms with Crippen LogP contribution in [0.15, 0.2) is 72.0 Å². The summed E-state index contributed by atoms with van der Waals surface area (Å²) in [6, 6.07) is 15.3. The van der Waals surface area contributed by atoms with Crippen LogP contribution in [0.4, 0.5) is 8.78 Å². The maximum Gasteiger partial charge on any atom is 0.267 e. The van der Waals surface area contributed by atoms with Gasteiger partial charge in [-0.3, -0.25) is 19.7 Å². The van der Waals surface area contributed by atoms with Crippen molar-refractivity contribution in [3.8, 4) is 11.3 Å². The van der Waals surface area contributed by atoms with E-state index in [1.165, 1.54) is 24.1 Å². The Labute approximate surface area is 165 Å². The summed E-state index contributed by atoms with van der Waals surface area (Å²) in [5.41, 5.74) is 6.40. The minimum atomic E-state index is -2.66. The third-order valence-electron chi connectivity index (χ3n) is 4.89. The number of nitrogens with two attached hydrogens (primary N) is 1. The summed E-state index contributed by atoms with van der Waals surface area (Å²) in [7, 11) is 1.51. The SMILES string of the molecule is CN1C(=O)C(c2cccc(-c3ccccn3)c2)(c2ccc(C(F)F)cn2)N=C1N. The average molecular weight is 393 g/mol. The quantitative estimate of drug-likeness (QED) is 0.738. The van der Waals surface area contributed by atoms with Gasteiger partial charge in [-0.15, -0.1) is 0 Å². The highest BCUT2D eigenvalue weighted by atomic mass is 19.3. The number of likely N-dealkylation sites (N-methyl/N-ethyl adjacent to an activating group) is 1. The number of amides is 1. The second-order valence-corrected chi connectivity index (χ2v) is 6.62. The van der Waals surface area contributed by atoms with Gasteiger partial charge in [-0.1, -0.05) is 24.3 Å². The molecule has 29 heavy (non-hydrogen) atoms. The maximum atomic E-state index is 13.2. The number of aromatic nitrogens is 2. The molecule has 0 aliphatic carbocycles. The number of nitrogens with zero attached hydrogens (tertiary/aromatic N) is 4. The number of pyridine rings is 2. The maximum absolute atomic E-state index is 13.2. The molecule has 0 saturated heterocycles. The number of aliphatic imine (C=N–C) groups is 1. The molecule has 1 aliphatic rings. The van der Waals surface area contributed by atoms with Gasteiger partial charge in [0.1, 0.15) is 0 Å². The van der Waals surface area contributed by atoms with Gasteiger partial charge in [0.25, 0.3) is 12.3 Å². The van der Waals surface area contributed by atoms with Crippen molar-refractivity contribution >= 4 is 11.9 Å². The summed E-state index contributed by atoms with van der Waals surface area (Å²) >= 11 is 0. The standard InChI is InChI=1S/C21H17F2N5O/c1-28-19(29)21(27-20(28)24,17-9-8-14(12-26-17)18(22)23)15-6-4-5-13(11-15)16-7-2-3-10-25-16/h2-12,18H,1H3,(H2,24,27). The molecule has 1 aliphatic heterocycles. The Morgan fingerprint density at radius 3 is 2.48 bits per heavy atom. The van der Waals surface area contributed by atoms with E-state index in [2.05, 4.69) is 15.0 Å². The van der Waals surface area contributed by atoms with E-state index < -0.39 is 17.9 Å². The Hall–Kier alpha value is -3.68. The van der Waals surface area contributed by atoms with Gasteiger partial charge in [0.2, 0.25) is 5.54 Å². The highest BCUT2D eigenvalue weighted by Crippen LogP contribution is 2.39. The van der Waals surface area contributed by atoms with E-state index in [1.807, 2.05) is 24.3 Å². The molecule has 0 bridgehead atoms. The lowest BCUT2D eigenvalue weighted by atomic mass is 9.85. The van der Waals surface area contributed by atoms with Gasteiger partial charge >= 0.3 is 0 Å². The van der Waals surface area contributed by atoms with E-state index in [0.29, 0.717) is 5.56 Å². The van der Waals surface area contributed by atoms with Crippen LogP contribution in [0.2, 0.25) is 0 Å². The fourth-order valence-corrected chi connectivity index (χ4v) is 3.33. The normalized spacial score (nSPS) is 19.0. The molecule has 1 aromatic carbocycles. The average Bonchev–Trinajstić information content (AvgIpc) is 2.99. The molecule has 2 aromatic heterocycles. The summed E-state index contributed by atoms with van der Waals surface area (Å²) in [6.45, 7) is 0. The minimum absolute atomic E-state index is 0.0259. The zero-order valence-corrected chi connectivity index (χ0v) is 15.5. The minimum Gasteiger partial charge on any atom is -0.369 e. The lowest BCUT2D eigenvalue weighted by molar-refractivity contribution is -0.129. The largest absolute Gasteiger partial charge is 0.369 e. The zero-order valence-electron chi connectivity index (χ0n) is 15.5. The molecule has 0 spiro atoms. The Morgan fingerprint density at radius 1 is 1.07 bits per heavy atom. The molecule has 1 unspecified atom stereocenters. The Bertz CT molecular complexity index is 1090. The van der Waals surface area contributed by atoms with E-state index in [0.717, 1.165) is 17.5 Å². The van der Waals surface area contributed by atoms with Gasteiger partial charge in [-0.2, -0.15) is 0 Å². The molecule has 2 N–H and O–H groups in total. The molecule has 0 fully saturated rings. The molecule has 4 rings (SSSR count). The molecule has 1 amide bonds. The second kappa shape index (κ2) is 7.05. The number of carbonyl (C=O) groups is 1. The van der Waals surface area contributed by atoms with Crippen molar-refractivity contribution in [1.29, 1.82) is 0 Å². The van der Waals surface area contributed by atoms with E-state index in [1.54, 1.807) is 24.4 Å². The van der Waals surface area contributed by atoms with Gasteiger partial charge < -0.3 is 5.73 Å². The molecule has 3 aromatic rings. The van der Waals surface area contributed by atoms with Crippen molar-refractivity contribution in [2.45, 2.75) is 12.0 Å².